The van der Waals surface area contributed by atoms with Gasteiger partial charge in [0, 0.05) is 5.88 Å². The van der Waals surface area contributed by atoms with Crippen LogP contribution in [0.1, 0.15) is 12.8 Å². The molecule has 80 valence electrons. The second-order valence-corrected chi connectivity index (χ2v) is 4.87. The van der Waals surface area contributed by atoms with Gasteiger partial charge in [0.1, 0.15) is 6.33 Å². The van der Waals surface area contributed by atoms with E-state index in [-0.39, 0.29) is 11.7 Å². The van der Waals surface area contributed by atoms with E-state index in [9.17, 15) is 8.42 Å². The van der Waals surface area contributed by atoms with E-state index >= 15 is 0 Å². The Morgan fingerprint density at radius 1 is 1.50 bits per heavy atom. The molecule has 0 aliphatic rings. The van der Waals surface area contributed by atoms with E-state index < -0.39 is 10.0 Å². The molecule has 2 N–H and O–H groups in total. The zero-order chi connectivity index (χ0) is 10.4. The first-order valence-corrected chi connectivity index (χ1v) is 6.24. The van der Waals surface area contributed by atoms with Crippen LogP contribution in [0.25, 0.3) is 0 Å². The van der Waals surface area contributed by atoms with Gasteiger partial charge in [0.25, 0.3) is 0 Å². The first-order chi connectivity index (χ1) is 6.64. The highest BCUT2D eigenvalue weighted by molar-refractivity contribution is 7.92. The molecule has 8 heteroatoms. The van der Waals surface area contributed by atoms with Crippen molar-refractivity contribution in [2.75, 3.05) is 16.4 Å². The fourth-order valence-electron chi connectivity index (χ4n) is 0.840. The SMILES string of the molecule is O=S(=O)(CCCCCl)Nc1ncn[nH]1. The number of rotatable bonds is 6. The minimum atomic E-state index is -3.32. The van der Waals surface area contributed by atoms with Crippen molar-refractivity contribution < 1.29 is 8.42 Å². The molecule has 0 bridgehead atoms. The van der Waals surface area contributed by atoms with Crippen LogP contribution in [0.4, 0.5) is 5.95 Å². The molecule has 0 fully saturated rings. The molecular weight excluding hydrogens is 228 g/mol. The molecule has 0 amide bonds. The Balaban J connectivity index is 2.42. The lowest BCUT2D eigenvalue weighted by Gasteiger charge is -2.03. The van der Waals surface area contributed by atoms with Gasteiger partial charge in [0.05, 0.1) is 5.75 Å². The Kier molecular flexibility index (Phi) is 4.15. The minimum absolute atomic E-state index is 0.0421. The standard InChI is InChI=1S/C6H11ClN4O2S/c7-3-1-2-4-14(12,13)11-6-8-5-9-10-6/h5H,1-4H2,(H2,8,9,10,11). The summed E-state index contributed by atoms with van der Waals surface area (Å²) in [6.07, 6.45) is 2.45. The number of anilines is 1. The zero-order valence-electron chi connectivity index (χ0n) is 7.40. The van der Waals surface area contributed by atoms with E-state index in [0.717, 1.165) is 0 Å². The van der Waals surface area contributed by atoms with E-state index in [1.807, 2.05) is 0 Å². The predicted molar refractivity (Wildman–Crippen MR) is 53.7 cm³/mol. The summed E-state index contributed by atoms with van der Waals surface area (Å²) < 4.78 is 24.9. The van der Waals surface area contributed by atoms with Crippen molar-refractivity contribution in [1.29, 1.82) is 0 Å². The van der Waals surface area contributed by atoms with Crippen LogP contribution in [0, 0.1) is 0 Å². The Morgan fingerprint density at radius 2 is 2.29 bits per heavy atom. The molecule has 0 aromatic carbocycles. The van der Waals surface area contributed by atoms with Crippen molar-refractivity contribution in [2.45, 2.75) is 12.8 Å². The van der Waals surface area contributed by atoms with Gasteiger partial charge in [-0.15, -0.1) is 11.6 Å². The monoisotopic (exact) mass is 238 g/mol. The van der Waals surface area contributed by atoms with Gasteiger partial charge in [-0.2, -0.15) is 10.1 Å². The fourth-order valence-corrected chi connectivity index (χ4v) is 2.11. The molecule has 1 rings (SSSR count). The van der Waals surface area contributed by atoms with E-state index in [4.69, 9.17) is 11.6 Å². The largest absolute Gasteiger partial charge is 0.252 e. The Hall–Kier alpha value is -0.820. The van der Waals surface area contributed by atoms with Crippen LogP contribution in [0.3, 0.4) is 0 Å². The van der Waals surface area contributed by atoms with Crippen molar-refractivity contribution in [3.8, 4) is 0 Å². The van der Waals surface area contributed by atoms with Crippen LogP contribution < -0.4 is 4.72 Å². The van der Waals surface area contributed by atoms with E-state index in [1.54, 1.807) is 0 Å². The lowest BCUT2D eigenvalue weighted by atomic mass is 10.4. The molecule has 1 aromatic heterocycles. The van der Waals surface area contributed by atoms with Gasteiger partial charge in [-0.25, -0.2) is 13.5 Å². The van der Waals surface area contributed by atoms with Crippen molar-refractivity contribution in [2.24, 2.45) is 0 Å². The predicted octanol–water partition coefficient (Wildman–Crippen LogP) is 0.565. The number of alkyl halides is 1. The second-order valence-electron chi connectivity index (χ2n) is 2.65. The maximum Gasteiger partial charge on any atom is 0.235 e. The van der Waals surface area contributed by atoms with Crippen LogP contribution in [0.15, 0.2) is 6.33 Å². The maximum atomic E-state index is 11.3. The second kappa shape index (κ2) is 5.16. The summed E-state index contributed by atoms with van der Waals surface area (Å²) in [4.78, 5) is 3.65. The lowest BCUT2D eigenvalue weighted by molar-refractivity contribution is 0.597. The Morgan fingerprint density at radius 3 is 2.86 bits per heavy atom. The molecule has 1 aromatic rings. The third-order valence-electron chi connectivity index (χ3n) is 1.46. The highest BCUT2D eigenvalue weighted by Gasteiger charge is 2.10. The van der Waals surface area contributed by atoms with Gasteiger partial charge in [-0.1, -0.05) is 0 Å². The molecule has 0 radical (unpaired) electrons. The van der Waals surface area contributed by atoms with E-state index in [0.29, 0.717) is 18.7 Å². The third-order valence-corrected chi connectivity index (χ3v) is 3.06. The Bertz CT molecular complexity index is 350. The first-order valence-electron chi connectivity index (χ1n) is 4.06. The number of hydrogen-bond donors (Lipinski definition) is 2. The molecule has 0 atom stereocenters. The van der Waals surface area contributed by atoms with Gasteiger partial charge < -0.3 is 0 Å². The quantitative estimate of drug-likeness (QED) is 0.560. The van der Waals surface area contributed by atoms with Crippen molar-refractivity contribution in [3.63, 3.8) is 0 Å². The number of hydrogen-bond acceptors (Lipinski definition) is 4. The molecule has 14 heavy (non-hydrogen) atoms. The van der Waals surface area contributed by atoms with Gasteiger partial charge in [0.15, 0.2) is 0 Å². The zero-order valence-corrected chi connectivity index (χ0v) is 8.98. The molecule has 0 aliphatic carbocycles. The Labute approximate surface area is 87.1 Å². The van der Waals surface area contributed by atoms with Crippen LogP contribution in [0.2, 0.25) is 0 Å². The molecule has 0 saturated carbocycles. The summed E-state index contributed by atoms with van der Waals surface area (Å²) in [5, 5.41) is 5.92. The lowest BCUT2D eigenvalue weighted by Crippen LogP contribution is -2.17. The third kappa shape index (κ3) is 3.93. The van der Waals surface area contributed by atoms with Crippen LogP contribution in [0.5, 0.6) is 0 Å². The summed E-state index contributed by atoms with van der Waals surface area (Å²) in [6.45, 7) is 0. The molecule has 0 aliphatic heterocycles. The van der Waals surface area contributed by atoms with Gasteiger partial charge >= 0.3 is 0 Å². The average molecular weight is 239 g/mol. The molecule has 6 nitrogen and oxygen atoms in total. The average Bonchev–Trinajstić information content (AvgIpc) is 2.56. The normalized spacial score (nSPS) is 11.5. The number of nitrogens with zero attached hydrogens (tertiary/aromatic N) is 2. The van der Waals surface area contributed by atoms with Crippen LogP contribution in [-0.4, -0.2) is 35.2 Å². The van der Waals surface area contributed by atoms with Crippen LogP contribution >= 0.6 is 11.6 Å². The number of H-pyrrole nitrogens is 1. The van der Waals surface area contributed by atoms with Gasteiger partial charge in [-0.05, 0) is 12.8 Å². The topological polar surface area (TPSA) is 87.7 Å². The highest BCUT2D eigenvalue weighted by Crippen LogP contribution is 2.02. The minimum Gasteiger partial charge on any atom is -0.252 e. The summed E-state index contributed by atoms with van der Waals surface area (Å²) >= 11 is 5.43. The number of halogens is 1. The molecular formula is C6H11ClN4O2S. The molecule has 0 unspecified atom stereocenters. The van der Waals surface area contributed by atoms with E-state index in [1.165, 1.54) is 6.33 Å². The smallest absolute Gasteiger partial charge is 0.235 e. The van der Waals surface area contributed by atoms with Crippen molar-refractivity contribution in [1.82, 2.24) is 15.2 Å². The molecule has 0 spiro atoms. The van der Waals surface area contributed by atoms with Crippen molar-refractivity contribution in [3.05, 3.63) is 6.33 Å². The summed E-state index contributed by atoms with van der Waals surface area (Å²) in [5.74, 6) is 0.647. The fraction of sp³-hybridized carbons (Fsp3) is 0.667. The van der Waals surface area contributed by atoms with Gasteiger partial charge in [0.2, 0.25) is 16.0 Å². The summed E-state index contributed by atoms with van der Waals surface area (Å²) in [6, 6.07) is 0. The van der Waals surface area contributed by atoms with Crippen LogP contribution in [-0.2, 0) is 10.0 Å². The highest BCUT2D eigenvalue weighted by atomic mass is 35.5. The molecule has 0 saturated heterocycles. The molecule has 1 heterocycles. The number of aromatic nitrogens is 3. The summed E-state index contributed by atoms with van der Waals surface area (Å²) in [7, 11) is -3.32. The first kappa shape index (κ1) is 11.3. The van der Waals surface area contributed by atoms with Crippen molar-refractivity contribution >= 4 is 27.6 Å². The van der Waals surface area contributed by atoms with Gasteiger partial charge in [-0.3, -0.25) is 4.72 Å². The maximum absolute atomic E-state index is 11.3. The number of aromatic amines is 1. The number of nitrogens with one attached hydrogen (secondary N) is 2. The number of sulfonamides is 1. The number of unbranched alkanes of at least 4 members (excludes halogenated alkanes) is 1. The summed E-state index contributed by atoms with van der Waals surface area (Å²) in [5.41, 5.74) is 0. The van der Waals surface area contributed by atoms with E-state index in [2.05, 4.69) is 19.9 Å².